The Morgan fingerprint density at radius 1 is 1.73 bits per heavy atom. The minimum atomic E-state index is -0.292. The molecule has 0 aromatic carbocycles. The van der Waals surface area contributed by atoms with Gasteiger partial charge in [-0.1, -0.05) is 6.42 Å². The molecule has 84 valence electrons. The van der Waals surface area contributed by atoms with E-state index in [0.29, 0.717) is 6.54 Å². The third-order valence-electron chi connectivity index (χ3n) is 3.58. The van der Waals surface area contributed by atoms with Gasteiger partial charge in [-0.05, 0) is 12.8 Å². The Hall–Kier alpha value is -0.940. The Morgan fingerprint density at radius 2 is 2.53 bits per heavy atom. The zero-order chi connectivity index (χ0) is 10.9. The van der Waals surface area contributed by atoms with Crippen LogP contribution in [0.5, 0.6) is 0 Å². The maximum absolute atomic E-state index is 9.99. The monoisotopic (exact) mass is 210 g/mol. The average molecular weight is 210 g/mol. The van der Waals surface area contributed by atoms with Gasteiger partial charge in [-0.25, -0.2) is 4.98 Å². The summed E-state index contributed by atoms with van der Waals surface area (Å²) < 4.78 is 1.75. The summed E-state index contributed by atoms with van der Waals surface area (Å²) in [5, 5.41) is 14.0. The Labute approximate surface area is 89.3 Å². The molecule has 5 heteroatoms. The Balaban J connectivity index is 2.18. The highest BCUT2D eigenvalue weighted by Crippen LogP contribution is 2.39. The molecule has 1 heterocycles. The second kappa shape index (κ2) is 3.90. The number of aliphatic hydroxyl groups excluding tert-OH is 1. The molecule has 1 aromatic heterocycles. The normalized spacial score (nSPS) is 31.0. The molecule has 1 aliphatic carbocycles. The molecule has 1 aromatic rings. The summed E-state index contributed by atoms with van der Waals surface area (Å²) in [5.41, 5.74) is 5.63. The van der Waals surface area contributed by atoms with Crippen LogP contribution in [0.1, 0.15) is 25.1 Å². The maximum atomic E-state index is 9.99. The quantitative estimate of drug-likeness (QED) is 0.727. The fourth-order valence-electron chi connectivity index (χ4n) is 2.43. The number of hydrogen-bond donors (Lipinski definition) is 2. The summed E-state index contributed by atoms with van der Waals surface area (Å²) in [6.45, 7) is 0.515. The molecule has 0 aliphatic heterocycles. The van der Waals surface area contributed by atoms with Crippen molar-refractivity contribution in [2.75, 3.05) is 6.54 Å². The molecule has 1 saturated carbocycles. The minimum Gasteiger partial charge on any atom is -0.392 e. The van der Waals surface area contributed by atoms with E-state index in [9.17, 15) is 5.11 Å². The molecule has 0 amide bonds. The number of aliphatic hydroxyl groups is 1. The van der Waals surface area contributed by atoms with Crippen LogP contribution in [0.25, 0.3) is 0 Å². The van der Waals surface area contributed by atoms with Crippen LogP contribution in [0, 0.1) is 5.41 Å². The van der Waals surface area contributed by atoms with Crippen LogP contribution >= 0.6 is 0 Å². The van der Waals surface area contributed by atoms with E-state index in [2.05, 4.69) is 10.1 Å². The van der Waals surface area contributed by atoms with Gasteiger partial charge in [-0.2, -0.15) is 5.10 Å². The zero-order valence-electron chi connectivity index (χ0n) is 9.06. The lowest BCUT2D eigenvalue weighted by Gasteiger charge is -2.30. The van der Waals surface area contributed by atoms with E-state index in [1.165, 1.54) is 0 Å². The summed E-state index contributed by atoms with van der Waals surface area (Å²) in [6, 6.07) is 0. The molecule has 0 radical (unpaired) electrons. The largest absolute Gasteiger partial charge is 0.392 e. The van der Waals surface area contributed by atoms with Crippen molar-refractivity contribution in [2.45, 2.75) is 31.8 Å². The van der Waals surface area contributed by atoms with Crippen molar-refractivity contribution in [1.82, 2.24) is 14.8 Å². The molecule has 1 fully saturated rings. The molecule has 0 spiro atoms. The molecule has 2 rings (SSSR count). The van der Waals surface area contributed by atoms with Gasteiger partial charge in [-0.15, -0.1) is 0 Å². The molecule has 3 N–H and O–H groups in total. The van der Waals surface area contributed by atoms with Gasteiger partial charge in [0.05, 0.1) is 6.10 Å². The topological polar surface area (TPSA) is 77.0 Å². The van der Waals surface area contributed by atoms with Crippen LogP contribution in [0.15, 0.2) is 6.33 Å². The van der Waals surface area contributed by atoms with Crippen LogP contribution in [-0.4, -0.2) is 32.5 Å². The highest BCUT2D eigenvalue weighted by Gasteiger charge is 2.41. The summed E-state index contributed by atoms with van der Waals surface area (Å²) in [6.07, 6.45) is 4.87. The van der Waals surface area contributed by atoms with Gasteiger partial charge < -0.3 is 10.8 Å². The first-order chi connectivity index (χ1) is 7.18. The van der Waals surface area contributed by atoms with Crippen molar-refractivity contribution in [3.8, 4) is 0 Å². The van der Waals surface area contributed by atoms with Gasteiger partial charge in [0.25, 0.3) is 0 Å². The van der Waals surface area contributed by atoms with Crippen LogP contribution in [-0.2, 0) is 13.5 Å². The van der Waals surface area contributed by atoms with Crippen molar-refractivity contribution in [2.24, 2.45) is 18.2 Å². The Bertz CT molecular complexity index is 338. The highest BCUT2D eigenvalue weighted by atomic mass is 16.3. The van der Waals surface area contributed by atoms with Crippen molar-refractivity contribution < 1.29 is 5.11 Å². The van der Waals surface area contributed by atoms with Crippen molar-refractivity contribution in [3.05, 3.63) is 12.2 Å². The number of nitrogens with zero attached hydrogens (tertiary/aromatic N) is 3. The van der Waals surface area contributed by atoms with E-state index < -0.39 is 0 Å². The number of hydrogen-bond acceptors (Lipinski definition) is 4. The maximum Gasteiger partial charge on any atom is 0.138 e. The molecule has 1 aliphatic rings. The number of nitrogens with two attached hydrogens (primary N) is 1. The lowest BCUT2D eigenvalue weighted by Crippen LogP contribution is -2.40. The average Bonchev–Trinajstić information content (AvgIpc) is 2.77. The van der Waals surface area contributed by atoms with Crippen LogP contribution in [0.2, 0.25) is 0 Å². The number of rotatable bonds is 3. The predicted molar refractivity (Wildman–Crippen MR) is 56.1 cm³/mol. The molecule has 15 heavy (non-hydrogen) atoms. The highest BCUT2D eigenvalue weighted by molar-refractivity contribution is 5.00. The summed E-state index contributed by atoms with van der Waals surface area (Å²) in [5.74, 6) is 0.904. The molecule has 5 nitrogen and oxygen atoms in total. The molecule has 2 unspecified atom stereocenters. The molecule has 0 bridgehead atoms. The first kappa shape index (κ1) is 10.6. The van der Waals surface area contributed by atoms with Gasteiger partial charge in [0.1, 0.15) is 12.2 Å². The smallest absolute Gasteiger partial charge is 0.138 e. The molecular weight excluding hydrogens is 192 g/mol. The fourth-order valence-corrected chi connectivity index (χ4v) is 2.43. The molecule has 0 saturated heterocycles. The minimum absolute atomic E-state index is 0.180. The van der Waals surface area contributed by atoms with E-state index in [1.807, 2.05) is 7.05 Å². The third-order valence-corrected chi connectivity index (χ3v) is 3.58. The lowest BCUT2D eigenvalue weighted by molar-refractivity contribution is 0.0567. The van der Waals surface area contributed by atoms with Gasteiger partial charge >= 0.3 is 0 Å². The first-order valence-electron chi connectivity index (χ1n) is 5.39. The van der Waals surface area contributed by atoms with E-state index in [0.717, 1.165) is 31.5 Å². The van der Waals surface area contributed by atoms with Gasteiger partial charge in [-0.3, -0.25) is 4.68 Å². The van der Waals surface area contributed by atoms with E-state index in [4.69, 9.17) is 5.73 Å². The SMILES string of the molecule is Cn1ncnc1CC1(CN)CCCC1O. The molecular formula is C10H18N4O. The predicted octanol–water partition coefficient (Wildman–Crippen LogP) is -0.153. The van der Waals surface area contributed by atoms with E-state index in [-0.39, 0.29) is 11.5 Å². The van der Waals surface area contributed by atoms with Gasteiger partial charge in [0.2, 0.25) is 0 Å². The van der Waals surface area contributed by atoms with E-state index in [1.54, 1.807) is 11.0 Å². The van der Waals surface area contributed by atoms with Crippen molar-refractivity contribution in [3.63, 3.8) is 0 Å². The van der Waals surface area contributed by atoms with Crippen molar-refractivity contribution >= 4 is 0 Å². The summed E-state index contributed by atoms with van der Waals surface area (Å²) in [7, 11) is 1.87. The standard InChI is InChI=1S/C10H18N4O/c1-14-9(12-7-13-14)5-10(6-11)4-2-3-8(10)15/h7-8,15H,2-6,11H2,1H3. The lowest BCUT2D eigenvalue weighted by atomic mass is 9.80. The Kier molecular flexibility index (Phi) is 2.75. The fraction of sp³-hybridized carbons (Fsp3) is 0.800. The second-order valence-corrected chi connectivity index (χ2v) is 4.45. The van der Waals surface area contributed by atoms with Gasteiger partial charge in [0.15, 0.2) is 0 Å². The zero-order valence-corrected chi connectivity index (χ0v) is 9.06. The van der Waals surface area contributed by atoms with Crippen LogP contribution < -0.4 is 5.73 Å². The second-order valence-electron chi connectivity index (χ2n) is 4.45. The van der Waals surface area contributed by atoms with E-state index >= 15 is 0 Å². The summed E-state index contributed by atoms with van der Waals surface area (Å²) in [4.78, 5) is 4.19. The third kappa shape index (κ3) is 1.77. The van der Waals surface area contributed by atoms with Crippen molar-refractivity contribution in [1.29, 1.82) is 0 Å². The number of aromatic nitrogens is 3. The number of aryl methyl sites for hydroxylation is 1. The Morgan fingerprint density at radius 3 is 3.00 bits per heavy atom. The van der Waals surface area contributed by atoms with Crippen LogP contribution in [0.3, 0.4) is 0 Å². The summed E-state index contributed by atoms with van der Waals surface area (Å²) >= 11 is 0. The van der Waals surface area contributed by atoms with Crippen LogP contribution in [0.4, 0.5) is 0 Å². The first-order valence-corrected chi connectivity index (χ1v) is 5.39. The molecule has 2 atom stereocenters. The van der Waals surface area contributed by atoms with Gasteiger partial charge in [0, 0.05) is 25.4 Å².